The van der Waals surface area contributed by atoms with Crippen molar-refractivity contribution in [3.63, 3.8) is 0 Å². The number of nitro groups is 1. The minimum absolute atomic E-state index is 0.0399. The molecule has 0 saturated carbocycles. The molecule has 2 rings (SSSR count). The molecule has 2 aromatic rings. The zero-order valence-electron chi connectivity index (χ0n) is 8.99. The predicted octanol–water partition coefficient (Wildman–Crippen LogP) is 1.67. The molecule has 0 spiro atoms. The lowest BCUT2D eigenvalue weighted by atomic mass is 10.1. The fraction of sp³-hybridized carbons (Fsp3) is 0.100. The lowest BCUT2D eigenvalue weighted by Gasteiger charge is -2.00. The van der Waals surface area contributed by atoms with E-state index < -0.39 is 4.92 Å². The Balaban J connectivity index is 2.11. The van der Waals surface area contributed by atoms with Crippen molar-refractivity contribution in [3.8, 4) is 0 Å². The van der Waals surface area contributed by atoms with E-state index in [-0.39, 0.29) is 18.0 Å². The molecule has 0 aliphatic heterocycles. The van der Waals surface area contributed by atoms with E-state index in [1.807, 2.05) is 22.6 Å². The van der Waals surface area contributed by atoms with Gasteiger partial charge in [-0.1, -0.05) is 0 Å². The number of carbonyl (C=O) groups excluding carboxylic acids is 1. The van der Waals surface area contributed by atoms with Crippen LogP contribution in [0, 0.1) is 13.9 Å². The molecule has 0 radical (unpaired) electrons. The van der Waals surface area contributed by atoms with Gasteiger partial charge in [-0.05, 0) is 12.1 Å². The molecule has 0 aliphatic carbocycles. The summed E-state index contributed by atoms with van der Waals surface area (Å²) in [5, 5.41) is 14.5. The molecule has 0 N–H and O–H groups in total. The third-order valence-corrected chi connectivity index (χ3v) is 2.71. The third-order valence-electron chi connectivity index (χ3n) is 2.21. The Morgan fingerprint density at radius 3 is 2.56 bits per heavy atom. The molecule has 8 heteroatoms. The van der Waals surface area contributed by atoms with Gasteiger partial charge in [-0.15, -0.1) is 5.10 Å². The lowest BCUT2D eigenvalue weighted by Crippen LogP contribution is -2.11. The molecule has 0 amide bonds. The highest BCUT2D eigenvalue weighted by Gasteiger charge is 2.10. The Morgan fingerprint density at radius 2 is 2.06 bits per heavy atom. The second-order valence-corrected chi connectivity index (χ2v) is 4.40. The molecule has 0 fully saturated rings. The van der Waals surface area contributed by atoms with Crippen LogP contribution in [0.25, 0.3) is 0 Å². The van der Waals surface area contributed by atoms with Crippen molar-refractivity contribution in [1.29, 1.82) is 0 Å². The van der Waals surface area contributed by atoms with Crippen molar-refractivity contribution in [1.82, 2.24) is 14.8 Å². The molecule has 0 bridgehead atoms. The standard InChI is InChI=1S/C10H7IN4O3/c11-10-12-6-14(13-10)5-9(16)7-1-3-8(4-2-7)15(17)18/h1-4,6H,5H2. The van der Waals surface area contributed by atoms with E-state index in [1.54, 1.807) is 0 Å². The highest BCUT2D eigenvalue weighted by molar-refractivity contribution is 14.1. The number of aromatic nitrogens is 3. The number of halogens is 1. The van der Waals surface area contributed by atoms with Crippen molar-refractivity contribution in [2.45, 2.75) is 6.54 Å². The number of benzene rings is 1. The molecule has 92 valence electrons. The number of nitro benzene ring substituents is 1. The molecular weight excluding hydrogens is 351 g/mol. The van der Waals surface area contributed by atoms with Gasteiger partial charge in [0.25, 0.3) is 5.69 Å². The molecular formula is C10H7IN4O3. The van der Waals surface area contributed by atoms with Crippen LogP contribution in [0.4, 0.5) is 5.69 Å². The molecule has 1 heterocycles. The first-order valence-electron chi connectivity index (χ1n) is 4.89. The molecule has 0 atom stereocenters. The topological polar surface area (TPSA) is 90.9 Å². The van der Waals surface area contributed by atoms with Gasteiger partial charge in [0.2, 0.25) is 3.83 Å². The Bertz CT molecular complexity index is 593. The van der Waals surface area contributed by atoms with Gasteiger partial charge in [0.05, 0.1) is 4.92 Å². The van der Waals surface area contributed by atoms with Crippen molar-refractivity contribution < 1.29 is 9.72 Å². The summed E-state index contributed by atoms with van der Waals surface area (Å²) < 4.78 is 1.98. The summed E-state index contributed by atoms with van der Waals surface area (Å²) in [4.78, 5) is 25.7. The summed E-state index contributed by atoms with van der Waals surface area (Å²) in [7, 11) is 0. The molecule has 1 aromatic carbocycles. The fourth-order valence-corrected chi connectivity index (χ4v) is 1.76. The average molecular weight is 358 g/mol. The summed E-state index contributed by atoms with van der Waals surface area (Å²) in [6, 6.07) is 5.47. The molecule has 0 aliphatic rings. The van der Waals surface area contributed by atoms with Gasteiger partial charge in [-0.2, -0.15) is 0 Å². The second kappa shape index (κ2) is 5.21. The number of hydrogen-bond donors (Lipinski definition) is 0. The number of rotatable bonds is 4. The molecule has 0 unspecified atom stereocenters. The van der Waals surface area contributed by atoms with E-state index in [0.717, 1.165) is 0 Å². The normalized spacial score (nSPS) is 10.3. The van der Waals surface area contributed by atoms with Crippen LogP contribution in [0.2, 0.25) is 0 Å². The van der Waals surface area contributed by atoms with E-state index in [1.165, 1.54) is 35.3 Å². The van der Waals surface area contributed by atoms with Crippen LogP contribution in [0.15, 0.2) is 30.6 Å². The number of hydrogen-bond acceptors (Lipinski definition) is 5. The Hall–Kier alpha value is -1.84. The van der Waals surface area contributed by atoms with E-state index in [9.17, 15) is 14.9 Å². The fourth-order valence-electron chi connectivity index (χ4n) is 1.36. The van der Waals surface area contributed by atoms with Crippen LogP contribution in [0.1, 0.15) is 10.4 Å². The van der Waals surface area contributed by atoms with Gasteiger partial charge in [0.15, 0.2) is 5.78 Å². The first kappa shape index (κ1) is 12.6. The van der Waals surface area contributed by atoms with Gasteiger partial charge in [-0.3, -0.25) is 14.9 Å². The van der Waals surface area contributed by atoms with Crippen LogP contribution in [-0.2, 0) is 6.54 Å². The number of nitrogens with zero attached hydrogens (tertiary/aromatic N) is 4. The van der Waals surface area contributed by atoms with Crippen LogP contribution >= 0.6 is 22.6 Å². The maximum Gasteiger partial charge on any atom is 0.269 e. The summed E-state index contributed by atoms with van der Waals surface area (Å²) in [5.74, 6) is -0.175. The van der Waals surface area contributed by atoms with E-state index in [4.69, 9.17) is 0 Å². The zero-order chi connectivity index (χ0) is 13.1. The first-order chi connectivity index (χ1) is 8.56. The number of Topliss-reactive ketones (excluding diaryl/α,β-unsaturated/α-hetero) is 1. The van der Waals surface area contributed by atoms with Gasteiger partial charge in [0, 0.05) is 40.3 Å². The van der Waals surface area contributed by atoms with Crippen LogP contribution in [0.5, 0.6) is 0 Å². The van der Waals surface area contributed by atoms with E-state index in [2.05, 4.69) is 10.1 Å². The minimum Gasteiger partial charge on any atom is -0.292 e. The highest BCUT2D eigenvalue weighted by Crippen LogP contribution is 2.12. The maximum absolute atomic E-state index is 11.8. The van der Waals surface area contributed by atoms with Crippen molar-refractivity contribution in [2.75, 3.05) is 0 Å². The molecule has 1 aromatic heterocycles. The Kier molecular flexibility index (Phi) is 3.65. The summed E-state index contributed by atoms with van der Waals surface area (Å²) in [6.45, 7) is 0.0633. The molecule has 18 heavy (non-hydrogen) atoms. The van der Waals surface area contributed by atoms with Crippen molar-refractivity contribution >= 4 is 34.1 Å². The number of non-ortho nitro benzene ring substituents is 1. The lowest BCUT2D eigenvalue weighted by molar-refractivity contribution is -0.384. The van der Waals surface area contributed by atoms with Gasteiger partial charge >= 0.3 is 0 Å². The van der Waals surface area contributed by atoms with Crippen molar-refractivity contribution in [2.24, 2.45) is 0 Å². The molecule has 0 saturated heterocycles. The third kappa shape index (κ3) is 2.88. The SMILES string of the molecule is O=C(Cn1cnc(I)n1)c1ccc([N+](=O)[O-])cc1. The number of ketones is 1. The van der Waals surface area contributed by atoms with Gasteiger partial charge in [0.1, 0.15) is 12.9 Å². The van der Waals surface area contributed by atoms with Crippen molar-refractivity contribution in [3.05, 3.63) is 50.1 Å². The quantitative estimate of drug-likeness (QED) is 0.359. The highest BCUT2D eigenvalue weighted by atomic mass is 127. The maximum atomic E-state index is 11.8. The predicted molar refractivity (Wildman–Crippen MR) is 70.2 cm³/mol. The summed E-state index contributed by atoms with van der Waals surface area (Å²) in [6.07, 6.45) is 1.46. The average Bonchev–Trinajstić information content (AvgIpc) is 2.75. The first-order valence-corrected chi connectivity index (χ1v) is 5.97. The largest absolute Gasteiger partial charge is 0.292 e. The smallest absolute Gasteiger partial charge is 0.269 e. The van der Waals surface area contributed by atoms with E-state index >= 15 is 0 Å². The summed E-state index contributed by atoms with van der Waals surface area (Å²) >= 11 is 1.94. The Morgan fingerprint density at radius 1 is 1.39 bits per heavy atom. The minimum atomic E-state index is -0.506. The summed E-state index contributed by atoms with van der Waals surface area (Å²) in [5.41, 5.74) is 0.368. The van der Waals surface area contributed by atoms with Gasteiger partial charge in [-0.25, -0.2) is 9.67 Å². The second-order valence-electron chi connectivity index (χ2n) is 3.44. The van der Waals surface area contributed by atoms with Crippen LogP contribution in [-0.4, -0.2) is 25.5 Å². The van der Waals surface area contributed by atoms with Gasteiger partial charge < -0.3 is 0 Å². The monoisotopic (exact) mass is 358 g/mol. The molecule has 7 nitrogen and oxygen atoms in total. The van der Waals surface area contributed by atoms with Crippen LogP contribution in [0.3, 0.4) is 0 Å². The Labute approximate surface area is 115 Å². The van der Waals surface area contributed by atoms with E-state index in [0.29, 0.717) is 9.39 Å². The number of carbonyl (C=O) groups is 1. The van der Waals surface area contributed by atoms with Crippen LogP contribution < -0.4 is 0 Å². The zero-order valence-corrected chi connectivity index (χ0v) is 11.1.